The topological polar surface area (TPSA) is 114 Å². The Labute approximate surface area is 204 Å². The SMILES string of the molecule is CC#CCC(NC(=O)C1COC(CNC(=O)OCC2c3ccccc3-c3ccccc32)C1)C(=O)O. The highest BCUT2D eigenvalue weighted by atomic mass is 16.5. The van der Waals surface area contributed by atoms with Crippen LogP contribution in [0, 0.1) is 17.8 Å². The van der Waals surface area contributed by atoms with Crippen molar-refractivity contribution in [1.82, 2.24) is 10.6 Å². The van der Waals surface area contributed by atoms with E-state index in [1.807, 2.05) is 24.3 Å². The molecule has 35 heavy (non-hydrogen) atoms. The standard InChI is InChI=1S/C27H28N2O6/c1-2-3-12-24(26(31)32)29-25(30)17-13-18(34-15-17)14-28-27(33)35-16-23-21-10-6-4-8-19(21)20-9-5-7-11-22(20)23/h4-11,17-18,23-24H,12-16H2,1H3,(H,28,33)(H,29,30)(H,31,32). The number of fused-ring (bicyclic) bond motifs is 3. The molecule has 2 aromatic rings. The van der Waals surface area contributed by atoms with Crippen molar-refractivity contribution in [3.63, 3.8) is 0 Å². The average molecular weight is 477 g/mol. The summed E-state index contributed by atoms with van der Waals surface area (Å²) in [4.78, 5) is 36.1. The zero-order chi connectivity index (χ0) is 24.8. The van der Waals surface area contributed by atoms with Crippen LogP contribution in [-0.4, -0.2) is 55.0 Å². The average Bonchev–Trinajstić information content (AvgIpc) is 3.47. The highest BCUT2D eigenvalue weighted by Crippen LogP contribution is 2.44. The number of aliphatic carboxylic acids is 1. The van der Waals surface area contributed by atoms with Crippen molar-refractivity contribution in [2.24, 2.45) is 5.92 Å². The van der Waals surface area contributed by atoms with Crippen LogP contribution in [0.4, 0.5) is 4.79 Å². The van der Waals surface area contributed by atoms with Gasteiger partial charge >= 0.3 is 12.1 Å². The molecule has 0 radical (unpaired) electrons. The van der Waals surface area contributed by atoms with Crippen LogP contribution in [0.1, 0.15) is 36.8 Å². The number of hydrogen-bond acceptors (Lipinski definition) is 5. The van der Waals surface area contributed by atoms with Crippen molar-refractivity contribution < 1.29 is 29.0 Å². The molecule has 3 atom stereocenters. The van der Waals surface area contributed by atoms with Gasteiger partial charge in [0.15, 0.2) is 0 Å². The van der Waals surface area contributed by atoms with Crippen LogP contribution in [0.5, 0.6) is 0 Å². The van der Waals surface area contributed by atoms with Gasteiger partial charge in [-0.3, -0.25) is 4.79 Å². The van der Waals surface area contributed by atoms with Crippen molar-refractivity contribution >= 4 is 18.0 Å². The second-order valence-corrected chi connectivity index (χ2v) is 8.62. The minimum atomic E-state index is -1.13. The number of amides is 2. The summed E-state index contributed by atoms with van der Waals surface area (Å²) in [5.41, 5.74) is 4.60. The largest absolute Gasteiger partial charge is 0.480 e. The summed E-state index contributed by atoms with van der Waals surface area (Å²) in [7, 11) is 0. The van der Waals surface area contributed by atoms with E-state index < -0.39 is 24.0 Å². The summed E-state index contributed by atoms with van der Waals surface area (Å²) < 4.78 is 11.2. The Bertz CT molecular complexity index is 1120. The number of alkyl carbamates (subject to hydrolysis) is 1. The Hall–Kier alpha value is -3.83. The Kier molecular flexibility index (Phi) is 7.68. The number of carboxylic acid groups (broad SMARTS) is 1. The van der Waals surface area contributed by atoms with Crippen LogP contribution >= 0.6 is 0 Å². The first-order chi connectivity index (χ1) is 17.0. The quantitative estimate of drug-likeness (QED) is 0.505. The van der Waals surface area contributed by atoms with E-state index in [0.717, 1.165) is 22.3 Å². The van der Waals surface area contributed by atoms with E-state index >= 15 is 0 Å². The highest BCUT2D eigenvalue weighted by Gasteiger charge is 2.33. The summed E-state index contributed by atoms with van der Waals surface area (Å²) >= 11 is 0. The number of nitrogens with one attached hydrogen (secondary N) is 2. The molecule has 0 aromatic heterocycles. The van der Waals surface area contributed by atoms with Gasteiger partial charge in [0.2, 0.25) is 5.91 Å². The first kappa shape index (κ1) is 24.3. The fourth-order valence-corrected chi connectivity index (χ4v) is 4.57. The van der Waals surface area contributed by atoms with Crippen molar-refractivity contribution in [1.29, 1.82) is 0 Å². The first-order valence-corrected chi connectivity index (χ1v) is 11.6. The molecule has 2 amide bonds. The van der Waals surface area contributed by atoms with Gasteiger partial charge < -0.3 is 25.2 Å². The Morgan fingerprint density at radius 3 is 2.40 bits per heavy atom. The molecule has 1 saturated heterocycles. The van der Waals surface area contributed by atoms with Gasteiger partial charge in [-0.15, -0.1) is 11.8 Å². The third kappa shape index (κ3) is 5.64. The van der Waals surface area contributed by atoms with Crippen LogP contribution in [0.25, 0.3) is 11.1 Å². The second-order valence-electron chi connectivity index (χ2n) is 8.62. The molecule has 8 heteroatoms. The van der Waals surface area contributed by atoms with Gasteiger partial charge in [0.05, 0.1) is 18.6 Å². The molecular weight excluding hydrogens is 448 g/mol. The summed E-state index contributed by atoms with van der Waals surface area (Å²) in [6.45, 7) is 2.19. The number of rotatable bonds is 8. The van der Waals surface area contributed by atoms with Gasteiger partial charge in [-0.2, -0.15) is 0 Å². The second kappa shape index (κ2) is 11.1. The van der Waals surface area contributed by atoms with Gasteiger partial charge in [-0.1, -0.05) is 48.5 Å². The summed E-state index contributed by atoms with van der Waals surface area (Å²) in [6.07, 6.45) is -0.489. The van der Waals surface area contributed by atoms with E-state index in [2.05, 4.69) is 46.7 Å². The molecule has 1 aliphatic heterocycles. The molecule has 182 valence electrons. The molecule has 2 aromatic carbocycles. The van der Waals surface area contributed by atoms with Crippen molar-refractivity contribution in [3.05, 3.63) is 59.7 Å². The summed E-state index contributed by atoms with van der Waals surface area (Å²) in [5.74, 6) is 3.27. The molecule has 1 aliphatic carbocycles. The lowest BCUT2D eigenvalue weighted by Crippen LogP contribution is -2.43. The fourth-order valence-electron chi connectivity index (χ4n) is 4.57. The molecule has 2 aliphatic rings. The van der Waals surface area contributed by atoms with Gasteiger partial charge in [0, 0.05) is 18.9 Å². The number of ether oxygens (including phenoxy) is 2. The Morgan fingerprint density at radius 2 is 1.77 bits per heavy atom. The molecular formula is C27H28N2O6. The fraction of sp³-hybridized carbons (Fsp3) is 0.370. The molecule has 1 fully saturated rings. The molecule has 1 heterocycles. The van der Waals surface area contributed by atoms with E-state index in [0.29, 0.717) is 6.42 Å². The van der Waals surface area contributed by atoms with Gasteiger partial charge in [0.1, 0.15) is 12.6 Å². The lowest BCUT2D eigenvalue weighted by Gasteiger charge is -2.16. The van der Waals surface area contributed by atoms with E-state index in [9.17, 15) is 19.5 Å². The van der Waals surface area contributed by atoms with Gasteiger partial charge in [-0.25, -0.2) is 9.59 Å². The van der Waals surface area contributed by atoms with Crippen LogP contribution in [0.2, 0.25) is 0 Å². The Morgan fingerprint density at radius 1 is 1.11 bits per heavy atom. The molecule has 4 rings (SSSR count). The van der Waals surface area contributed by atoms with Crippen LogP contribution in [0.3, 0.4) is 0 Å². The zero-order valence-corrected chi connectivity index (χ0v) is 19.5. The van der Waals surface area contributed by atoms with Crippen LogP contribution < -0.4 is 10.6 Å². The summed E-state index contributed by atoms with van der Waals surface area (Å²) in [5, 5.41) is 14.5. The minimum absolute atomic E-state index is 0.0245. The third-order valence-corrected chi connectivity index (χ3v) is 6.37. The number of hydrogen-bond donors (Lipinski definition) is 3. The van der Waals surface area contributed by atoms with Gasteiger partial charge in [-0.05, 0) is 35.6 Å². The summed E-state index contributed by atoms with van der Waals surface area (Å²) in [6, 6.07) is 15.2. The molecule has 0 bridgehead atoms. The number of carbonyl (C=O) groups excluding carboxylic acids is 2. The normalized spacial score (nSPS) is 19.0. The maximum atomic E-state index is 12.4. The lowest BCUT2D eigenvalue weighted by molar-refractivity contribution is -0.142. The number of carbonyl (C=O) groups is 3. The predicted molar refractivity (Wildman–Crippen MR) is 129 cm³/mol. The maximum absolute atomic E-state index is 12.4. The highest BCUT2D eigenvalue weighted by molar-refractivity contribution is 5.85. The molecule has 8 nitrogen and oxygen atoms in total. The van der Waals surface area contributed by atoms with E-state index in [-0.39, 0.29) is 44.1 Å². The molecule has 0 spiro atoms. The smallest absolute Gasteiger partial charge is 0.407 e. The Balaban J connectivity index is 1.24. The van der Waals surface area contributed by atoms with Crippen molar-refractivity contribution in [3.8, 4) is 23.0 Å². The maximum Gasteiger partial charge on any atom is 0.407 e. The van der Waals surface area contributed by atoms with E-state index in [4.69, 9.17) is 9.47 Å². The number of carboxylic acids is 1. The van der Waals surface area contributed by atoms with Crippen molar-refractivity contribution in [2.45, 2.75) is 37.8 Å². The van der Waals surface area contributed by atoms with Gasteiger partial charge in [0.25, 0.3) is 0 Å². The van der Waals surface area contributed by atoms with E-state index in [1.165, 1.54) is 0 Å². The van der Waals surface area contributed by atoms with E-state index in [1.54, 1.807) is 6.92 Å². The zero-order valence-electron chi connectivity index (χ0n) is 19.5. The van der Waals surface area contributed by atoms with Crippen LogP contribution in [0.15, 0.2) is 48.5 Å². The predicted octanol–water partition coefficient (Wildman–Crippen LogP) is 2.91. The third-order valence-electron chi connectivity index (χ3n) is 6.37. The van der Waals surface area contributed by atoms with Crippen LogP contribution in [-0.2, 0) is 19.1 Å². The lowest BCUT2D eigenvalue weighted by atomic mass is 9.98. The van der Waals surface area contributed by atoms with Crippen molar-refractivity contribution in [2.75, 3.05) is 19.8 Å². The minimum Gasteiger partial charge on any atom is -0.480 e. The monoisotopic (exact) mass is 476 g/mol. The molecule has 3 unspecified atom stereocenters. The molecule has 3 N–H and O–H groups in total. The molecule has 0 saturated carbocycles. The number of benzene rings is 2. The first-order valence-electron chi connectivity index (χ1n) is 11.6.